The standard InChI is InChI=1S/C21H26ClN5O3/c1-13(28)25-17-8-6-16(7-9-17)20(29)24-11-14-2-4-15(5-3-14)12-30-19-10-18(22)26-21(23)27-19/h2-5,10,16-17H,6-9,11-12H2,1H3,(H,24,29)(H,25,28)(H2,23,26,27). The smallest absolute Gasteiger partial charge is 0.224 e. The number of aromatic nitrogens is 2. The second-order valence-corrected chi connectivity index (χ2v) is 7.85. The van der Waals surface area contributed by atoms with Crippen LogP contribution in [0.5, 0.6) is 5.88 Å². The van der Waals surface area contributed by atoms with Gasteiger partial charge in [-0.05, 0) is 36.8 Å². The Morgan fingerprint density at radius 2 is 1.80 bits per heavy atom. The Morgan fingerprint density at radius 1 is 1.13 bits per heavy atom. The first-order valence-electron chi connectivity index (χ1n) is 9.94. The number of anilines is 1. The number of ether oxygens (including phenoxy) is 1. The molecule has 1 aliphatic rings. The second kappa shape index (κ2) is 10.2. The van der Waals surface area contributed by atoms with Gasteiger partial charge in [-0.25, -0.2) is 4.98 Å². The number of amides is 2. The van der Waals surface area contributed by atoms with Crippen LogP contribution in [0.25, 0.3) is 0 Å². The van der Waals surface area contributed by atoms with Crippen LogP contribution in [-0.4, -0.2) is 27.8 Å². The number of nitrogen functional groups attached to an aromatic ring is 1. The summed E-state index contributed by atoms with van der Waals surface area (Å²) in [6.45, 7) is 2.32. The molecule has 0 spiro atoms. The summed E-state index contributed by atoms with van der Waals surface area (Å²) in [6.07, 6.45) is 3.28. The highest BCUT2D eigenvalue weighted by Gasteiger charge is 2.26. The molecule has 1 aromatic carbocycles. The SMILES string of the molecule is CC(=O)NC1CCC(C(=O)NCc2ccc(COc3cc(Cl)nc(N)n3)cc2)CC1. The molecule has 2 aromatic rings. The minimum atomic E-state index is -0.0123. The number of halogens is 1. The molecule has 0 bridgehead atoms. The largest absolute Gasteiger partial charge is 0.473 e. The summed E-state index contributed by atoms with van der Waals surface area (Å²) >= 11 is 5.83. The van der Waals surface area contributed by atoms with Crippen LogP contribution in [0.15, 0.2) is 30.3 Å². The number of nitrogens with zero attached hydrogens (tertiary/aromatic N) is 2. The number of carbonyl (C=O) groups excluding carboxylic acids is 2. The van der Waals surface area contributed by atoms with Crippen LogP contribution in [0, 0.1) is 5.92 Å². The quantitative estimate of drug-likeness (QED) is 0.579. The number of benzene rings is 1. The van der Waals surface area contributed by atoms with Gasteiger partial charge in [-0.1, -0.05) is 35.9 Å². The van der Waals surface area contributed by atoms with E-state index in [1.165, 1.54) is 13.0 Å². The van der Waals surface area contributed by atoms with Crippen molar-refractivity contribution in [3.8, 4) is 5.88 Å². The van der Waals surface area contributed by atoms with Crippen LogP contribution in [-0.2, 0) is 22.7 Å². The fraction of sp³-hybridized carbons (Fsp3) is 0.429. The van der Waals surface area contributed by atoms with Gasteiger partial charge < -0.3 is 21.1 Å². The van der Waals surface area contributed by atoms with Crippen molar-refractivity contribution in [1.29, 1.82) is 0 Å². The normalized spacial score (nSPS) is 18.5. The molecule has 0 atom stereocenters. The zero-order valence-corrected chi connectivity index (χ0v) is 17.6. The summed E-state index contributed by atoms with van der Waals surface area (Å²) in [5, 5.41) is 6.17. The Balaban J connectivity index is 1.42. The first-order valence-corrected chi connectivity index (χ1v) is 10.3. The summed E-state index contributed by atoms with van der Waals surface area (Å²) in [6, 6.07) is 9.47. The van der Waals surface area contributed by atoms with E-state index in [0.717, 1.165) is 36.8 Å². The lowest BCUT2D eigenvalue weighted by Crippen LogP contribution is -2.39. The van der Waals surface area contributed by atoms with E-state index >= 15 is 0 Å². The maximum Gasteiger partial charge on any atom is 0.224 e. The summed E-state index contributed by atoms with van der Waals surface area (Å²) < 4.78 is 5.59. The van der Waals surface area contributed by atoms with Crippen molar-refractivity contribution in [1.82, 2.24) is 20.6 Å². The predicted molar refractivity (Wildman–Crippen MR) is 114 cm³/mol. The molecule has 1 fully saturated rings. The monoisotopic (exact) mass is 431 g/mol. The van der Waals surface area contributed by atoms with Gasteiger partial charge in [0.2, 0.25) is 23.6 Å². The van der Waals surface area contributed by atoms with Crippen molar-refractivity contribution in [3.63, 3.8) is 0 Å². The number of nitrogens with one attached hydrogen (secondary N) is 2. The molecule has 1 aliphatic carbocycles. The van der Waals surface area contributed by atoms with E-state index in [9.17, 15) is 9.59 Å². The van der Waals surface area contributed by atoms with Gasteiger partial charge in [-0.3, -0.25) is 9.59 Å². The van der Waals surface area contributed by atoms with Gasteiger partial charge in [0.1, 0.15) is 11.8 Å². The zero-order valence-electron chi connectivity index (χ0n) is 16.9. The molecule has 0 aliphatic heterocycles. The van der Waals surface area contributed by atoms with Gasteiger partial charge in [0, 0.05) is 31.5 Å². The Kier molecular flexibility index (Phi) is 7.46. The molecule has 1 aromatic heterocycles. The summed E-state index contributed by atoms with van der Waals surface area (Å²) in [5.74, 6) is 0.447. The van der Waals surface area contributed by atoms with E-state index in [0.29, 0.717) is 19.0 Å². The molecule has 0 unspecified atom stereocenters. The summed E-state index contributed by atoms with van der Waals surface area (Å²) in [7, 11) is 0. The van der Waals surface area contributed by atoms with Crippen molar-refractivity contribution < 1.29 is 14.3 Å². The predicted octanol–water partition coefficient (Wildman–Crippen LogP) is 2.60. The minimum absolute atomic E-state index is 0.00908. The third kappa shape index (κ3) is 6.59. The molecule has 4 N–H and O–H groups in total. The first-order chi connectivity index (χ1) is 14.4. The molecular formula is C21H26ClN5O3. The lowest BCUT2D eigenvalue weighted by Gasteiger charge is -2.28. The molecule has 2 amide bonds. The van der Waals surface area contributed by atoms with Crippen LogP contribution in [0.4, 0.5) is 5.95 Å². The van der Waals surface area contributed by atoms with E-state index in [-0.39, 0.29) is 34.9 Å². The average Bonchev–Trinajstić information content (AvgIpc) is 2.71. The van der Waals surface area contributed by atoms with Crippen LogP contribution >= 0.6 is 11.6 Å². The van der Waals surface area contributed by atoms with Gasteiger partial charge in [-0.15, -0.1) is 0 Å². The lowest BCUT2D eigenvalue weighted by molar-refractivity contribution is -0.126. The van der Waals surface area contributed by atoms with E-state index in [1.807, 2.05) is 24.3 Å². The van der Waals surface area contributed by atoms with Crippen molar-refractivity contribution >= 4 is 29.4 Å². The van der Waals surface area contributed by atoms with Crippen molar-refractivity contribution in [2.75, 3.05) is 5.73 Å². The number of nitrogens with two attached hydrogens (primary N) is 1. The Labute approximate surface area is 180 Å². The fourth-order valence-corrected chi connectivity index (χ4v) is 3.70. The number of carbonyl (C=O) groups is 2. The van der Waals surface area contributed by atoms with Crippen molar-refractivity contribution in [2.24, 2.45) is 5.92 Å². The Morgan fingerprint density at radius 3 is 2.43 bits per heavy atom. The highest BCUT2D eigenvalue weighted by atomic mass is 35.5. The van der Waals surface area contributed by atoms with Crippen molar-refractivity contribution in [3.05, 3.63) is 46.6 Å². The molecule has 3 rings (SSSR count). The summed E-state index contributed by atoms with van der Waals surface area (Å²) in [5.41, 5.74) is 7.51. The van der Waals surface area contributed by atoms with Gasteiger partial charge >= 0.3 is 0 Å². The third-order valence-electron chi connectivity index (χ3n) is 5.07. The van der Waals surface area contributed by atoms with Crippen LogP contribution in [0.3, 0.4) is 0 Å². The van der Waals surface area contributed by atoms with E-state index in [4.69, 9.17) is 22.1 Å². The Bertz CT molecular complexity index is 862. The van der Waals surface area contributed by atoms with Gasteiger partial charge in [0.05, 0.1) is 0 Å². The highest BCUT2D eigenvalue weighted by Crippen LogP contribution is 2.24. The molecule has 9 heteroatoms. The van der Waals surface area contributed by atoms with Crippen molar-refractivity contribution in [2.45, 2.75) is 51.8 Å². The molecule has 1 saturated carbocycles. The highest BCUT2D eigenvalue weighted by molar-refractivity contribution is 6.29. The van der Waals surface area contributed by atoms with Gasteiger partial charge in [-0.2, -0.15) is 4.98 Å². The number of rotatable bonds is 7. The summed E-state index contributed by atoms with van der Waals surface area (Å²) in [4.78, 5) is 31.3. The van der Waals surface area contributed by atoms with Crippen LogP contribution in [0.2, 0.25) is 5.15 Å². The minimum Gasteiger partial charge on any atom is -0.473 e. The van der Waals surface area contributed by atoms with Gasteiger partial charge in [0.15, 0.2) is 0 Å². The second-order valence-electron chi connectivity index (χ2n) is 7.46. The molecule has 0 radical (unpaired) electrons. The molecule has 0 saturated heterocycles. The topological polar surface area (TPSA) is 119 Å². The van der Waals surface area contributed by atoms with Crippen LogP contribution in [0.1, 0.15) is 43.7 Å². The molecule has 8 nitrogen and oxygen atoms in total. The first kappa shape index (κ1) is 21.8. The van der Waals surface area contributed by atoms with E-state index in [1.54, 1.807) is 0 Å². The Hall–Kier alpha value is -2.87. The third-order valence-corrected chi connectivity index (χ3v) is 5.26. The van der Waals surface area contributed by atoms with Gasteiger partial charge in [0.25, 0.3) is 0 Å². The maximum atomic E-state index is 12.4. The fourth-order valence-electron chi connectivity index (χ4n) is 3.52. The van der Waals surface area contributed by atoms with Crippen LogP contribution < -0.4 is 21.1 Å². The molecule has 160 valence electrons. The van der Waals surface area contributed by atoms with E-state index < -0.39 is 0 Å². The van der Waals surface area contributed by atoms with E-state index in [2.05, 4.69) is 20.6 Å². The molecule has 1 heterocycles. The lowest BCUT2D eigenvalue weighted by atomic mass is 9.85. The molecular weight excluding hydrogens is 406 g/mol. The number of hydrogen-bond donors (Lipinski definition) is 3. The average molecular weight is 432 g/mol. The maximum absolute atomic E-state index is 12.4. The zero-order chi connectivity index (χ0) is 21.5. The number of hydrogen-bond acceptors (Lipinski definition) is 6. The molecule has 30 heavy (non-hydrogen) atoms.